The number of nitrogens with zero attached hydrogens (tertiary/aromatic N) is 2. The van der Waals surface area contributed by atoms with Gasteiger partial charge in [0.2, 0.25) is 0 Å². The molecule has 0 aromatic heterocycles. The maximum atomic E-state index is 9.24. The Bertz CT molecular complexity index is 501. The van der Waals surface area contributed by atoms with Crippen LogP contribution in [0.15, 0.2) is 22.7 Å². The van der Waals surface area contributed by atoms with Gasteiger partial charge in [0.1, 0.15) is 6.07 Å². The summed E-state index contributed by atoms with van der Waals surface area (Å²) >= 11 is 3.42. The number of hydrogen-bond donors (Lipinski definition) is 1. The van der Waals surface area contributed by atoms with Crippen molar-refractivity contribution in [1.82, 2.24) is 4.90 Å². The predicted molar refractivity (Wildman–Crippen MR) is 91.4 cm³/mol. The average Bonchev–Trinajstić information content (AvgIpc) is 2.50. The Hall–Kier alpha value is -1.05. The van der Waals surface area contributed by atoms with Gasteiger partial charge in [-0.05, 0) is 69.9 Å². The number of rotatable bonds is 5. The number of benzene rings is 1. The number of anilines is 1. The standard InChI is InChI=1S/C17H24BrN3/c1-3-8-21-9-6-14(7-10-21)13(2)20-17-5-4-16(18)11-15(17)12-19/h4-5,11,13-14,20H,3,6-10H2,1-2H3. The van der Waals surface area contributed by atoms with Crippen LogP contribution in [0.4, 0.5) is 5.69 Å². The van der Waals surface area contributed by atoms with Crippen LogP contribution in [0.5, 0.6) is 0 Å². The van der Waals surface area contributed by atoms with E-state index in [0.29, 0.717) is 17.5 Å². The molecule has 1 atom stereocenters. The fraction of sp³-hybridized carbons (Fsp3) is 0.588. The topological polar surface area (TPSA) is 39.1 Å². The van der Waals surface area contributed by atoms with Crippen molar-refractivity contribution in [3.8, 4) is 6.07 Å². The van der Waals surface area contributed by atoms with Crippen LogP contribution in [-0.4, -0.2) is 30.6 Å². The minimum absolute atomic E-state index is 0.405. The number of hydrogen-bond acceptors (Lipinski definition) is 3. The highest BCUT2D eigenvalue weighted by molar-refractivity contribution is 9.10. The van der Waals surface area contributed by atoms with Crippen LogP contribution in [-0.2, 0) is 0 Å². The maximum Gasteiger partial charge on any atom is 0.101 e. The molecular formula is C17H24BrN3. The molecule has 1 heterocycles. The van der Waals surface area contributed by atoms with Crippen LogP contribution >= 0.6 is 15.9 Å². The molecule has 1 unspecified atom stereocenters. The Kier molecular flexibility index (Phi) is 6.08. The lowest BCUT2D eigenvalue weighted by Crippen LogP contribution is -2.39. The van der Waals surface area contributed by atoms with E-state index < -0.39 is 0 Å². The first kappa shape index (κ1) is 16.3. The molecule has 1 aromatic rings. The Balaban J connectivity index is 1.93. The highest BCUT2D eigenvalue weighted by atomic mass is 79.9. The molecule has 0 bridgehead atoms. The molecule has 0 saturated carbocycles. The maximum absolute atomic E-state index is 9.24. The van der Waals surface area contributed by atoms with Gasteiger partial charge in [-0.25, -0.2) is 0 Å². The van der Waals surface area contributed by atoms with Crippen molar-refractivity contribution in [1.29, 1.82) is 5.26 Å². The Morgan fingerprint density at radius 3 is 2.76 bits per heavy atom. The fourth-order valence-corrected chi connectivity index (χ4v) is 3.45. The Labute approximate surface area is 136 Å². The summed E-state index contributed by atoms with van der Waals surface area (Å²) in [5.41, 5.74) is 1.66. The van der Waals surface area contributed by atoms with E-state index in [-0.39, 0.29) is 0 Å². The van der Waals surface area contributed by atoms with Gasteiger partial charge >= 0.3 is 0 Å². The second-order valence-corrected chi connectivity index (χ2v) is 6.83. The van der Waals surface area contributed by atoms with Crippen molar-refractivity contribution in [2.45, 2.75) is 39.2 Å². The highest BCUT2D eigenvalue weighted by Crippen LogP contribution is 2.26. The first-order valence-electron chi connectivity index (χ1n) is 7.82. The average molecular weight is 350 g/mol. The van der Waals surface area contributed by atoms with E-state index in [4.69, 9.17) is 0 Å². The monoisotopic (exact) mass is 349 g/mol. The molecule has 0 radical (unpaired) electrons. The third kappa shape index (κ3) is 4.46. The third-order valence-electron chi connectivity index (χ3n) is 4.36. The summed E-state index contributed by atoms with van der Waals surface area (Å²) in [6, 6.07) is 8.52. The molecule has 4 heteroatoms. The number of nitrogens with one attached hydrogen (secondary N) is 1. The minimum Gasteiger partial charge on any atom is -0.381 e. The SMILES string of the molecule is CCCN1CCC(C(C)Nc2ccc(Br)cc2C#N)CC1. The van der Waals surface area contributed by atoms with E-state index >= 15 is 0 Å². The van der Waals surface area contributed by atoms with Crippen LogP contribution in [0.25, 0.3) is 0 Å². The Morgan fingerprint density at radius 1 is 1.43 bits per heavy atom. The zero-order chi connectivity index (χ0) is 15.2. The lowest BCUT2D eigenvalue weighted by atomic mass is 9.90. The highest BCUT2D eigenvalue weighted by Gasteiger charge is 2.23. The zero-order valence-electron chi connectivity index (χ0n) is 12.9. The van der Waals surface area contributed by atoms with Gasteiger partial charge in [0.25, 0.3) is 0 Å². The molecule has 0 spiro atoms. The second kappa shape index (κ2) is 7.82. The van der Waals surface area contributed by atoms with E-state index in [1.54, 1.807) is 0 Å². The molecule has 0 amide bonds. The van der Waals surface area contributed by atoms with Crippen molar-refractivity contribution in [3.63, 3.8) is 0 Å². The molecule has 0 aliphatic carbocycles. The zero-order valence-corrected chi connectivity index (χ0v) is 14.5. The first-order chi connectivity index (χ1) is 10.1. The van der Waals surface area contributed by atoms with Gasteiger partial charge in [0.05, 0.1) is 11.3 Å². The molecule has 3 nitrogen and oxygen atoms in total. The number of nitriles is 1. The quantitative estimate of drug-likeness (QED) is 0.863. The molecule has 1 aromatic carbocycles. The van der Waals surface area contributed by atoms with Crippen LogP contribution in [0.1, 0.15) is 38.7 Å². The van der Waals surface area contributed by atoms with Crippen molar-refractivity contribution in [3.05, 3.63) is 28.2 Å². The molecule has 1 aliphatic rings. The van der Waals surface area contributed by atoms with Crippen LogP contribution in [0.2, 0.25) is 0 Å². The van der Waals surface area contributed by atoms with E-state index in [9.17, 15) is 5.26 Å². The summed E-state index contributed by atoms with van der Waals surface area (Å²) in [4.78, 5) is 2.56. The normalized spacial score (nSPS) is 18.2. The van der Waals surface area contributed by atoms with Crippen LogP contribution < -0.4 is 5.32 Å². The first-order valence-corrected chi connectivity index (χ1v) is 8.62. The molecule has 21 heavy (non-hydrogen) atoms. The molecule has 114 valence electrons. The van der Waals surface area contributed by atoms with Crippen molar-refractivity contribution in [2.75, 3.05) is 25.0 Å². The van der Waals surface area contributed by atoms with Gasteiger partial charge in [-0.15, -0.1) is 0 Å². The van der Waals surface area contributed by atoms with E-state index in [2.05, 4.69) is 46.1 Å². The van der Waals surface area contributed by atoms with Crippen molar-refractivity contribution >= 4 is 21.6 Å². The lowest BCUT2D eigenvalue weighted by Gasteiger charge is -2.35. The van der Waals surface area contributed by atoms with Gasteiger partial charge in [0.15, 0.2) is 0 Å². The number of halogens is 1. The van der Waals surface area contributed by atoms with Crippen LogP contribution in [0, 0.1) is 17.2 Å². The van der Waals surface area contributed by atoms with Gasteiger partial charge in [-0.1, -0.05) is 22.9 Å². The van der Waals surface area contributed by atoms with Crippen molar-refractivity contribution in [2.24, 2.45) is 5.92 Å². The third-order valence-corrected chi connectivity index (χ3v) is 4.86. The molecular weight excluding hydrogens is 326 g/mol. The molecule has 1 aliphatic heterocycles. The van der Waals surface area contributed by atoms with Gasteiger partial charge < -0.3 is 10.2 Å². The molecule has 1 saturated heterocycles. The summed E-state index contributed by atoms with van der Waals surface area (Å²) in [6.07, 6.45) is 3.72. The van der Waals surface area contributed by atoms with E-state index in [1.165, 1.54) is 38.9 Å². The molecule has 2 rings (SSSR count). The largest absolute Gasteiger partial charge is 0.381 e. The summed E-state index contributed by atoms with van der Waals surface area (Å²) < 4.78 is 0.949. The summed E-state index contributed by atoms with van der Waals surface area (Å²) in [7, 11) is 0. The Morgan fingerprint density at radius 2 is 2.14 bits per heavy atom. The van der Waals surface area contributed by atoms with Crippen LogP contribution in [0.3, 0.4) is 0 Å². The van der Waals surface area contributed by atoms with Gasteiger partial charge in [-0.3, -0.25) is 0 Å². The molecule has 1 N–H and O–H groups in total. The fourth-order valence-electron chi connectivity index (χ4n) is 3.09. The van der Waals surface area contributed by atoms with Gasteiger partial charge in [-0.2, -0.15) is 5.26 Å². The summed E-state index contributed by atoms with van der Waals surface area (Å²) in [6.45, 7) is 8.11. The minimum atomic E-state index is 0.405. The lowest BCUT2D eigenvalue weighted by molar-refractivity contribution is 0.176. The van der Waals surface area contributed by atoms with Gasteiger partial charge in [0, 0.05) is 10.5 Å². The second-order valence-electron chi connectivity index (χ2n) is 5.91. The number of likely N-dealkylation sites (tertiary alicyclic amines) is 1. The summed E-state index contributed by atoms with van der Waals surface area (Å²) in [5, 5.41) is 12.8. The van der Waals surface area contributed by atoms with Crippen molar-refractivity contribution < 1.29 is 0 Å². The summed E-state index contributed by atoms with van der Waals surface area (Å²) in [5.74, 6) is 0.688. The smallest absolute Gasteiger partial charge is 0.101 e. The van der Waals surface area contributed by atoms with E-state index in [0.717, 1.165) is 10.2 Å². The molecule has 1 fully saturated rings. The number of piperidine rings is 1. The van der Waals surface area contributed by atoms with E-state index in [1.807, 2.05) is 18.2 Å². The predicted octanol–water partition coefficient (Wildman–Crippen LogP) is 4.24.